The van der Waals surface area contributed by atoms with Crippen molar-refractivity contribution in [3.8, 4) is 16.9 Å². The van der Waals surface area contributed by atoms with Crippen molar-refractivity contribution >= 4 is 22.5 Å². The highest BCUT2D eigenvalue weighted by molar-refractivity contribution is 6.04. The van der Waals surface area contributed by atoms with Gasteiger partial charge in [0.1, 0.15) is 17.7 Å². The number of hydrogen-bond donors (Lipinski definition) is 2. The van der Waals surface area contributed by atoms with E-state index in [0.717, 1.165) is 53.5 Å². The van der Waals surface area contributed by atoms with Crippen molar-refractivity contribution in [3.63, 3.8) is 0 Å². The SMILES string of the molecule is CN1CCC(Oc2cccc(C(=O)Nc3cc4cc(-c5cnn(C)c5CO)ccc4cn3)c2)CC1. The number of ether oxygens (including phenoxy) is 1. The topological polar surface area (TPSA) is 92.5 Å². The van der Waals surface area contributed by atoms with Crippen molar-refractivity contribution < 1.29 is 14.6 Å². The van der Waals surface area contributed by atoms with E-state index in [1.54, 1.807) is 29.2 Å². The van der Waals surface area contributed by atoms with Crippen LogP contribution >= 0.6 is 0 Å². The highest BCUT2D eigenvalue weighted by Crippen LogP contribution is 2.28. The smallest absolute Gasteiger partial charge is 0.256 e. The number of aliphatic hydroxyl groups is 1. The van der Waals surface area contributed by atoms with Crippen LogP contribution in [-0.2, 0) is 13.7 Å². The molecule has 1 aliphatic heterocycles. The summed E-state index contributed by atoms with van der Waals surface area (Å²) in [5.74, 6) is 0.936. The zero-order valence-corrected chi connectivity index (χ0v) is 19.9. The predicted molar refractivity (Wildman–Crippen MR) is 135 cm³/mol. The largest absolute Gasteiger partial charge is 0.490 e. The summed E-state index contributed by atoms with van der Waals surface area (Å²) in [6.45, 7) is 1.94. The van der Waals surface area contributed by atoms with E-state index in [1.807, 2.05) is 43.4 Å². The first-order valence-corrected chi connectivity index (χ1v) is 11.8. The molecule has 0 radical (unpaired) electrons. The zero-order valence-electron chi connectivity index (χ0n) is 19.9. The van der Waals surface area contributed by atoms with E-state index < -0.39 is 0 Å². The number of nitrogens with one attached hydrogen (secondary N) is 1. The summed E-state index contributed by atoms with van der Waals surface area (Å²) in [7, 11) is 3.93. The Kier molecular flexibility index (Phi) is 6.48. The van der Waals surface area contributed by atoms with Crippen LogP contribution in [0.2, 0.25) is 0 Å². The maximum Gasteiger partial charge on any atom is 0.256 e. The monoisotopic (exact) mass is 471 g/mol. The number of carbonyl (C=O) groups is 1. The lowest BCUT2D eigenvalue weighted by atomic mass is 10.0. The molecule has 8 heteroatoms. The number of fused-ring (bicyclic) bond motifs is 1. The molecule has 0 bridgehead atoms. The molecule has 2 aromatic heterocycles. The van der Waals surface area contributed by atoms with Crippen LogP contribution in [0, 0.1) is 0 Å². The van der Waals surface area contributed by atoms with Gasteiger partial charge in [0.25, 0.3) is 5.91 Å². The molecule has 1 fully saturated rings. The normalized spacial score (nSPS) is 14.8. The van der Waals surface area contributed by atoms with Crippen LogP contribution in [0.1, 0.15) is 28.9 Å². The Morgan fingerprint density at radius 1 is 1.09 bits per heavy atom. The van der Waals surface area contributed by atoms with Gasteiger partial charge in [0, 0.05) is 42.8 Å². The van der Waals surface area contributed by atoms with Crippen molar-refractivity contribution in [1.29, 1.82) is 0 Å². The minimum Gasteiger partial charge on any atom is -0.490 e. The van der Waals surface area contributed by atoms with Gasteiger partial charge in [-0.15, -0.1) is 0 Å². The van der Waals surface area contributed by atoms with E-state index in [4.69, 9.17) is 4.74 Å². The molecular formula is C27H29N5O3. The molecule has 35 heavy (non-hydrogen) atoms. The van der Waals surface area contributed by atoms with Crippen molar-refractivity contribution in [2.24, 2.45) is 7.05 Å². The van der Waals surface area contributed by atoms with E-state index >= 15 is 0 Å². The third-order valence-corrected chi connectivity index (χ3v) is 6.55. The van der Waals surface area contributed by atoms with E-state index in [1.165, 1.54) is 0 Å². The van der Waals surface area contributed by atoms with Gasteiger partial charge in [0.2, 0.25) is 0 Å². The fourth-order valence-corrected chi connectivity index (χ4v) is 4.46. The van der Waals surface area contributed by atoms with Crippen LogP contribution in [0.5, 0.6) is 5.75 Å². The maximum absolute atomic E-state index is 13.0. The molecule has 0 atom stereocenters. The minimum atomic E-state index is -0.239. The van der Waals surface area contributed by atoms with Gasteiger partial charge in [-0.25, -0.2) is 4.98 Å². The van der Waals surface area contributed by atoms with Crippen molar-refractivity contribution in [2.45, 2.75) is 25.6 Å². The molecule has 4 aromatic rings. The van der Waals surface area contributed by atoms with Crippen LogP contribution in [0.25, 0.3) is 21.9 Å². The Morgan fingerprint density at radius 2 is 1.91 bits per heavy atom. The first kappa shape index (κ1) is 23.0. The van der Waals surface area contributed by atoms with Gasteiger partial charge < -0.3 is 20.1 Å². The number of amides is 1. The molecule has 2 N–H and O–H groups in total. The first-order chi connectivity index (χ1) is 17.0. The van der Waals surface area contributed by atoms with Gasteiger partial charge in [0.05, 0.1) is 18.5 Å². The van der Waals surface area contributed by atoms with E-state index in [9.17, 15) is 9.90 Å². The van der Waals surface area contributed by atoms with Crippen LogP contribution in [0.15, 0.2) is 60.9 Å². The van der Waals surface area contributed by atoms with Crippen LogP contribution < -0.4 is 10.1 Å². The standard InChI is InChI=1S/C27H29N5O3/c1-31-10-8-22(9-11-31)35-23-5-3-4-19(13-23)27(34)30-26-14-21-12-18(6-7-20(21)15-28-26)24-16-29-32(2)25(24)17-33/h3-7,12-16,22,33H,8-11,17H2,1-2H3,(H,28,30,34). The summed E-state index contributed by atoms with van der Waals surface area (Å²) in [6.07, 6.45) is 5.62. The minimum absolute atomic E-state index is 0.0951. The second-order valence-corrected chi connectivity index (χ2v) is 9.02. The molecule has 1 aliphatic rings. The second-order valence-electron chi connectivity index (χ2n) is 9.02. The van der Waals surface area contributed by atoms with Crippen LogP contribution in [-0.4, -0.2) is 56.9 Å². The quantitative estimate of drug-likeness (QED) is 0.444. The Bertz CT molecular complexity index is 1360. The predicted octanol–water partition coefficient (Wildman–Crippen LogP) is 3.85. The van der Waals surface area contributed by atoms with Gasteiger partial charge in [0.15, 0.2) is 0 Å². The van der Waals surface area contributed by atoms with Gasteiger partial charge in [-0.2, -0.15) is 5.10 Å². The van der Waals surface area contributed by atoms with Gasteiger partial charge in [-0.1, -0.05) is 18.2 Å². The van der Waals surface area contributed by atoms with Gasteiger partial charge >= 0.3 is 0 Å². The molecule has 0 unspecified atom stereocenters. The summed E-state index contributed by atoms with van der Waals surface area (Å²) >= 11 is 0. The summed E-state index contributed by atoms with van der Waals surface area (Å²) in [6, 6.07) is 15.1. The summed E-state index contributed by atoms with van der Waals surface area (Å²) in [5.41, 5.74) is 3.08. The molecule has 8 nitrogen and oxygen atoms in total. The number of carbonyl (C=O) groups excluding carboxylic acids is 1. The number of aliphatic hydroxyl groups excluding tert-OH is 1. The Labute approximate surface area is 204 Å². The molecule has 1 saturated heterocycles. The fourth-order valence-electron chi connectivity index (χ4n) is 4.46. The number of likely N-dealkylation sites (tertiary alicyclic amines) is 1. The number of aryl methyl sites for hydroxylation is 1. The number of anilines is 1. The Morgan fingerprint density at radius 3 is 2.71 bits per heavy atom. The molecule has 5 rings (SSSR count). The number of piperidine rings is 1. The number of aromatic nitrogens is 3. The molecule has 0 spiro atoms. The second kappa shape index (κ2) is 9.85. The Hall–Kier alpha value is -3.75. The van der Waals surface area contributed by atoms with Crippen LogP contribution in [0.4, 0.5) is 5.82 Å². The lowest BCUT2D eigenvalue weighted by molar-refractivity contribution is 0.102. The average Bonchev–Trinajstić information content (AvgIpc) is 3.25. The lowest BCUT2D eigenvalue weighted by Crippen LogP contribution is -2.35. The van der Waals surface area contributed by atoms with Gasteiger partial charge in [-0.05, 0) is 61.2 Å². The summed E-state index contributed by atoms with van der Waals surface area (Å²) < 4.78 is 7.80. The van der Waals surface area contributed by atoms with Gasteiger partial charge in [-0.3, -0.25) is 9.48 Å². The van der Waals surface area contributed by atoms with E-state index in [2.05, 4.69) is 27.3 Å². The Balaban J connectivity index is 1.33. The molecule has 0 saturated carbocycles. The number of pyridine rings is 1. The molecule has 180 valence electrons. The van der Waals surface area contributed by atoms with Crippen molar-refractivity contribution in [2.75, 3.05) is 25.5 Å². The fraction of sp³-hybridized carbons (Fsp3) is 0.296. The van der Waals surface area contributed by atoms with Crippen molar-refractivity contribution in [1.82, 2.24) is 19.7 Å². The third kappa shape index (κ3) is 5.03. The summed E-state index contributed by atoms with van der Waals surface area (Å²) in [4.78, 5) is 19.7. The number of hydrogen-bond acceptors (Lipinski definition) is 6. The number of nitrogens with zero attached hydrogens (tertiary/aromatic N) is 4. The molecule has 1 amide bonds. The molecular weight excluding hydrogens is 442 g/mol. The van der Waals surface area contributed by atoms with Crippen LogP contribution in [0.3, 0.4) is 0 Å². The molecule has 0 aliphatic carbocycles. The number of rotatable bonds is 6. The molecule has 3 heterocycles. The summed E-state index contributed by atoms with van der Waals surface area (Å²) in [5, 5.41) is 18.8. The highest BCUT2D eigenvalue weighted by atomic mass is 16.5. The van der Waals surface area contributed by atoms with E-state index in [0.29, 0.717) is 17.1 Å². The maximum atomic E-state index is 13.0. The highest BCUT2D eigenvalue weighted by Gasteiger charge is 2.18. The lowest BCUT2D eigenvalue weighted by Gasteiger charge is -2.29. The zero-order chi connectivity index (χ0) is 24.4. The van der Waals surface area contributed by atoms with E-state index in [-0.39, 0.29) is 18.6 Å². The molecule has 2 aromatic carbocycles. The van der Waals surface area contributed by atoms with Crippen molar-refractivity contribution in [3.05, 3.63) is 72.2 Å². The third-order valence-electron chi connectivity index (χ3n) is 6.55. The average molecular weight is 472 g/mol. The first-order valence-electron chi connectivity index (χ1n) is 11.8. The number of benzene rings is 2.